The first-order chi connectivity index (χ1) is 4.81. The molecule has 1 N–H and O–H groups in total. The Hall–Kier alpha value is 0.110. The summed E-state index contributed by atoms with van der Waals surface area (Å²) in [6.07, 6.45) is 2.43. The molecular weight excluding hydrogens is 170 g/mol. The van der Waals surface area contributed by atoms with Crippen LogP contribution in [0.25, 0.3) is 0 Å². The van der Waals surface area contributed by atoms with Crippen molar-refractivity contribution in [3.8, 4) is 0 Å². The molecule has 0 heterocycles. The Morgan fingerprint density at radius 2 is 2.40 bits per heavy atom. The van der Waals surface area contributed by atoms with Gasteiger partial charge in [0.1, 0.15) is 0 Å². The molecule has 4 heteroatoms. The molecule has 10 heavy (non-hydrogen) atoms. The number of carbonyl (C=O) groups is 1. The number of amides is 1. The maximum Gasteiger partial charge on any atom is 0.221 e. The zero-order valence-electron chi connectivity index (χ0n) is 6.02. The normalized spacial score (nSPS) is 9.40. The molecule has 0 aromatic rings. The molecule has 60 valence electrons. The van der Waals surface area contributed by atoms with E-state index in [0.29, 0.717) is 12.3 Å². The average Bonchev–Trinajstić information content (AvgIpc) is 1.89. The minimum Gasteiger partial charge on any atom is -0.355 e. The van der Waals surface area contributed by atoms with Gasteiger partial charge in [0.2, 0.25) is 5.91 Å². The highest BCUT2D eigenvalue weighted by atomic mass is 35.5. The van der Waals surface area contributed by atoms with Gasteiger partial charge in [-0.15, -0.1) is 11.6 Å². The smallest absolute Gasteiger partial charge is 0.221 e. The third-order valence-electron chi connectivity index (χ3n) is 0.950. The lowest BCUT2D eigenvalue weighted by Gasteiger charge is -2.00. The van der Waals surface area contributed by atoms with E-state index in [0.717, 1.165) is 12.3 Å². The van der Waals surface area contributed by atoms with Gasteiger partial charge in [-0.05, 0) is 6.26 Å². The number of carbonyl (C=O) groups excluding carboxylic acids is 1. The number of nitrogens with one attached hydrogen (secondary N) is 1. The van der Waals surface area contributed by atoms with Crippen LogP contribution < -0.4 is 5.32 Å². The summed E-state index contributed by atoms with van der Waals surface area (Å²) < 4.78 is 0. The van der Waals surface area contributed by atoms with Gasteiger partial charge in [-0.25, -0.2) is 0 Å². The molecule has 1 amide bonds. The van der Waals surface area contributed by atoms with E-state index in [1.807, 2.05) is 6.26 Å². The highest BCUT2D eigenvalue weighted by Crippen LogP contribution is 1.88. The summed E-state index contributed by atoms with van der Waals surface area (Å²) >= 11 is 7.06. The standard InChI is InChI=1S/C6H12ClNOS/c1-10-5-4-8-6(9)2-3-7/h2-5H2,1H3,(H,8,9). The van der Waals surface area contributed by atoms with Crippen molar-refractivity contribution in [2.75, 3.05) is 24.4 Å². The molecule has 2 nitrogen and oxygen atoms in total. The van der Waals surface area contributed by atoms with Gasteiger partial charge in [0, 0.05) is 24.6 Å². The Bertz CT molecular complexity index is 99.7. The van der Waals surface area contributed by atoms with E-state index in [1.165, 1.54) is 0 Å². The summed E-state index contributed by atoms with van der Waals surface area (Å²) in [6, 6.07) is 0. The van der Waals surface area contributed by atoms with Crippen molar-refractivity contribution in [2.24, 2.45) is 0 Å². The van der Waals surface area contributed by atoms with Gasteiger partial charge in [-0.3, -0.25) is 4.79 Å². The van der Waals surface area contributed by atoms with Gasteiger partial charge in [0.05, 0.1) is 0 Å². The molecule has 0 unspecified atom stereocenters. The van der Waals surface area contributed by atoms with Crippen molar-refractivity contribution in [3.63, 3.8) is 0 Å². The van der Waals surface area contributed by atoms with Crippen molar-refractivity contribution in [1.82, 2.24) is 5.32 Å². The molecule has 0 aliphatic carbocycles. The van der Waals surface area contributed by atoms with E-state index in [2.05, 4.69) is 5.32 Å². The molecule has 0 aromatic heterocycles. The van der Waals surface area contributed by atoms with Crippen LogP contribution >= 0.6 is 23.4 Å². The summed E-state index contributed by atoms with van der Waals surface area (Å²) in [7, 11) is 0. The fraction of sp³-hybridized carbons (Fsp3) is 0.833. The van der Waals surface area contributed by atoms with Gasteiger partial charge in [-0.1, -0.05) is 0 Å². The summed E-state index contributed by atoms with van der Waals surface area (Å²) in [5, 5.41) is 2.74. The summed E-state index contributed by atoms with van der Waals surface area (Å²) in [5.41, 5.74) is 0. The van der Waals surface area contributed by atoms with E-state index < -0.39 is 0 Å². The lowest BCUT2D eigenvalue weighted by atomic mass is 10.4. The van der Waals surface area contributed by atoms with Crippen LogP contribution in [0.2, 0.25) is 0 Å². The first-order valence-corrected chi connectivity index (χ1v) is 5.05. The second-order valence-corrected chi connectivity index (χ2v) is 3.15. The third-order valence-corrected chi connectivity index (χ3v) is 1.75. The van der Waals surface area contributed by atoms with E-state index in [1.54, 1.807) is 11.8 Å². The van der Waals surface area contributed by atoms with Crippen LogP contribution in [0.15, 0.2) is 0 Å². The number of alkyl halides is 1. The molecule has 0 radical (unpaired) electrons. The molecule has 0 spiro atoms. The van der Waals surface area contributed by atoms with E-state index in [-0.39, 0.29) is 5.91 Å². The van der Waals surface area contributed by atoms with Crippen molar-refractivity contribution in [1.29, 1.82) is 0 Å². The molecule has 0 saturated heterocycles. The molecule has 0 fully saturated rings. The van der Waals surface area contributed by atoms with Crippen LogP contribution in [-0.4, -0.2) is 30.3 Å². The van der Waals surface area contributed by atoms with Gasteiger partial charge in [0.15, 0.2) is 0 Å². The summed E-state index contributed by atoms with van der Waals surface area (Å²) in [5.74, 6) is 1.42. The Kier molecular flexibility index (Phi) is 7.30. The second-order valence-electron chi connectivity index (χ2n) is 1.78. The lowest BCUT2D eigenvalue weighted by Crippen LogP contribution is -2.25. The van der Waals surface area contributed by atoms with Crippen molar-refractivity contribution in [3.05, 3.63) is 0 Å². The molecule has 0 aliphatic rings. The van der Waals surface area contributed by atoms with Crippen LogP contribution in [0, 0.1) is 0 Å². The second kappa shape index (κ2) is 7.22. The predicted molar refractivity (Wildman–Crippen MR) is 46.7 cm³/mol. The van der Waals surface area contributed by atoms with Gasteiger partial charge in [-0.2, -0.15) is 11.8 Å². The van der Waals surface area contributed by atoms with Crippen LogP contribution in [0.4, 0.5) is 0 Å². The molecule has 0 bridgehead atoms. The van der Waals surface area contributed by atoms with Crippen LogP contribution in [0.3, 0.4) is 0 Å². The largest absolute Gasteiger partial charge is 0.355 e. The van der Waals surface area contributed by atoms with Crippen molar-refractivity contribution >= 4 is 29.3 Å². The molecule has 0 rings (SSSR count). The maximum atomic E-state index is 10.7. The number of hydrogen-bond acceptors (Lipinski definition) is 2. The first-order valence-electron chi connectivity index (χ1n) is 3.13. The summed E-state index contributed by atoms with van der Waals surface area (Å²) in [4.78, 5) is 10.7. The fourth-order valence-corrected chi connectivity index (χ4v) is 0.945. The monoisotopic (exact) mass is 181 g/mol. The zero-order chi connectivity index (χ0) is 7.82. The maximum absolute atomic E-state index is 10.7. The average molecular weight is 182 g/mol. The Morgan fingerprint density at radius 3 is 2.90 bits per heavy atom. The van der Waals surface area contributed by atoms with Crippen LogP contribution in [0.5, 0.6) is 0 Å². The molecule has 0 saturated carbocycles. The van der Waals surface area contributed by atoms with E-state index in [9.17, 15) is 4.79 Å². The minimum absolute atomic E-state index is 0.0454. The first kappa shape index (κ1) is 10.1. The molecular formula is C6H12ClNOS. The third kappa shape index (κ3) is 6.23. The number of hydrogen-bond donors (Lipinski definition) is 1. The molecule has 0 aliphatic heterocycles. The SMILES string of the molecule is CSCCNC(=O)CCCl. The predicted octanol–water partition coefficient (Wildman–Crippen LogP) is 1.09. The Labute approximate surface area is 70.7 Å². The highest BCUT2D eigenvalue weighted by Gasteiger charge is 1.96. The number of thioether (sulfide) groups is 1. The van der Waals surface area contributed by atoms with Gasteiger partial charge in [0.25, 0.3) is 0 Å². The minimum atomic E-state index is 0.0454. The fourth-order valence-electron chi connectivity index (χ4n) is 0.467. The van der Waals surface area contributed by atoms with Gasteiger partial charge >= 0.3 is 0 Å². The van der Waals surface area contributed by atoms with Gasteiger partial charge < -0.3 is 5.32 Å². The summed E-state index contributed by atoms with van der Waals surface area (Å²) in [6.45, 7) is 0.747. The van der Waals surface area contributed by atoms with E-state index in [4.69, 9.17) is 11.6 Å². The van der Waals surface area contributed by atoms with Crippen LogP contribution in [0.1, 0.15) is 6.42 Å². The van der Waals surface area contributed by atoms with Crippen molar-refractivity contribution < 1.29 is 4.79 Å². The zero-order valence-corrected chi connectivity index (χ0v) is 7.60. The topological polar surface area (TPSA) is 29.1 Å². The van der Waals surface area contributed by atoms with E-state index >= 15 is 0 Å². The van der Waals surface area contributed by atoms with Crippen LogP contribution in [-0.2, 0) is 4.79 Å². The molecule has 0 aromatic carbocycles. The molecule has 0 atom stereocenters. The lowest BCUT2D eigenvalue weighted by molar-refractivity contribution is -0.120. The van der Waals surface area contributed by atoms with Crippen molar-refractivity contribution in [2.45, 2.75) is 6.42 Å². The number of halogens is 1. The Morgan fingerprint density at radius 1 is 1.70 bits per heavy atom. The highest BCUT2D eigenvalue weighted by molar-refractivity contribution is 7.98. The quantitative estimate of drug-likeness (QED) is 0.509. The Balaban J connectivity index is 3.05. The number of rotatable bonds is 5.